The molecule has 3 rings (SSSR count). The van der Waals surface area contributed by atoms with E-state index in [4.69, 9.17) is 4.74 Å². The number of nitrogens with one attached hydrogen (secondary N) is 1. The molecule has 9 heteroatoms. The second kappa shape index (κ2) is 7.84. The lowest BCUT2D eigenvalue weighted by Gasteiger charge is -2.24. The second-order valence-corrected chi connectivity index (χ2v) is 9.02. The van der Waals surface area contributed by atoms with Crippen molar-refractivity contribution >= 4 is 33.2 Å². The Morgan fingerprint density at radius 2 is 1.90 bits per heavy atom. The Labute approximate surface area is 170 Å². The highest BCUT2D eigenvalue weighted by Crippen LogP contribution is 2.33. The molecule has 0 unspecified atom stereocenters. The van der Waals surface area contributed by atoms with Crippen LogP contribution in [0.4, 0.5) is 11.4 Å². The van der Waals surface area contributed by atoms with Gasteiger partial charge in [0.05, 0.1) is 17.1 Å². The molecule has 154 valence electrons. The normalized spacial score (nSPS) is 13.5. The van der Waals surface area contributed by atoms with Gasteiger partial charge >= 0.3 is 0 Å². The average molecular weight is 417 g/mol. The number of carbonyl (C=O) groups is 2. The molecule has 2 aromatic rings. The molecule has 0 bridgehead atoms. The van der Waals surface area contributed by atoms with Crippen LogP contribution in [0.5, 0.6) is 5.75 Å². The molecule has 1 heterocycles. The number of hydrogen-bond donors (Lipinski definition) is 1. The van der Waals surface area contributed by atoms with Crippen molar-refractivity contribution in [3.63, 3.8) is 0 Å². The number of amides is 2. The lowest BCUT2D eigenvalue weighted by Crippen LogP contribution is -2.39. The largest absolute Gasteiger partial charge is 0.482 e. The van der Waals surface area contributed by atoms with Crippen molar-refractivity contribution in [3.05, 3.63) is 47.5 Å². The predicted octanol–water partition coefficient (Wildman–Crippen LogP) is 1.92. The number of sulfonamides is 1. The van der Waals surface area contributed by atoms with Crippen molar-refractivity contribution in [2.75, 3.05) is 37.5 Å². The average Bonchev–Trinajstić information content (AvgIpc) is 2.66. The van der Waals surface area contributed by atoms with E-state index in [9.17, 15) is 18.0 Å². The summed E-state index contributed by atoms with van der Waals surface area (Å²) in [5.74, 6) is -0.374. The van der Waals surface area contributed by atoms with Gasteiger partial charge in [-0.3, -0.25) is 9.59 Å². The fraction of sp³-hybridized carbons (Fsp3) is 0.300. The lowest BCUT2D eigenvalue weighted by atomic mass is 10.2. The van der Waals surface area contributed by atoms with E-state index in [-0.39, 0.29) is 35.6 Å². The first-order valence-corrected chi connectivity index (χ1v) is 10.4. The number of hydrogen-bond acceptors (Lipinski definition) is 5. The summed E-state index contributed by atoms with van der Waals surface area (Å²) in [5, 5.41) is 2.65. The van der Waals surface area contributed by atoms with Crippen molar-refractivity contribution in [2.24, 2.45) is 0 Å². The fourth-order valence-electron chi connectivity index (χ4n) is 3.02. The Morgan fingerprint density at radius 1 is 1.17 bits per heavy atom. The highest BCUT2D eigenvalue weighted by Gasteiger charge is 2.28. The first-order valence-electron chi connectivity index (χ1n) is 8.96. The molecule has 0 saturated carbocycles. The SMILES string of the molecule is Cc1cccc(N(C)C(=O)CN(C)S(=O)(=O)c2cc3c(cc2C)NC(=O)CO3)c1. The summed E-state index contributed by atoms with van der Waals surface area (Å²) in [6, 6.07) is 10.3. The van der Waals surface area contributed by atoms with Crippen LogP contribution in [-0.4, -0.2) is 51.8 Å². The maximum atomic E-state index is 13.1. The molecule has 0 aromatic heterocycles. The van der Waals surface area contributed by atoms with Gasteiger partial charge in [0.2, 0.25) is 15.9 Å². The number of anilines is 2. The summed E-state index contributed by atoms with van der Waals surface area (Å²) in [6.45, 7) is 3.05. The van der Waals surface area contributed by atoms with Gasteiger partial charge in [-0.15, -0.1) is 0 Å². The lowest BCUT2D eigenvalue weighted by molar-refractivity contribution is -0.119. The Morgan fingerprint density at radius 3 is 2.59 bits per heavy atom. The molecule has 2 amide bonds. The van der Waals surface area contributed by atoms with Gasteiger partial charge in [0.1, 0.15) is 5.75 Å². The number of benzene rings is 2. The van der Waals surface area contributed by atoms with E-state index in [1.165, 1.54) is 18.0 Å². The van der Waals surface area contributed by atoms with Gasteiger partial charge in [-0.1, -0.05) is 12.1 Å². The molecule has 0 spiro atoms. The van der Waals surface area contributed by atoms with E-state index >= 15 is 0 Å². The minimum atomic E-state index is -3.94. The summed E-state index contributed by atoms with van der Waals surface area (Å²) in [6.07, 6.45) is 0. The van der Waals surface area contributed by atoms with Gasteiger partial charge in [0, 0.05) is 25.8 Å². The van der Waals surface area contributed by atoms with Crippen molar-refractivity contribution in [1.82, 2.24) is 4.31 Å². The van der Waals surface area contributed by atoms with E-state index in [0.29, 0.717) is 16.9 Å². The number of nitrogens with zero attached hydrogens (tertiary/aromatic N) is 2. The number of likely N-dealkylation sites (N-methyl/N-ethyl adjacent to an activating group) is 2. The molecule has 0 fully saturated rings. The van der Waals surface area contributed by atoms with Crippen molar-refractivity contribution in [3.8, 4) is 5.75 Å². The molecule has 2 aromatic carbocycles. The third kappa shape index (κ3) is 4.25. The molecule has 0 atom stereocenters. The minimum Gasteiger partial charge on any atom is -0.482 e. The summed E-state index contributed by atoms with van der Waals surface area (Å²) in [7, 11) is -0.973. The summed E-state index contributed by atoms with van der Waals surface area (Å²) in [4.78, 5) is 25.5. The van der Waals surface area contributed by atoms with Gasteiger partial charge in [-0.2, -0.15) is 4.31 Å². The standard InChI is InChI=1S/C20H23N3O5S/c1-13-6-5-7-15(8-13)23(4)20(25)11-22(3)29(26,27)18-10-17-16(9-14(18)2)21-19(24)12-28-17/h5-10H,11-12H2,1-4H3,(H,21,24). The van der Waals surface area contributed by atoms with E-state index in [2.05, 4.69) is 5.32 Å². The van der Waals surface area contributed by atoms with E-state index in [1.54, 1.807) is 26.1 Å². The minimum absolute atomic E-state index is 0.0286. The fourth-order valence-corrected chi connectivity index (χ4v) is 4.36. The van der Waals surface area contributed by atoms with Gasteiger partial charge in [-0.05, 0) is 43.2 Å². The molecule has 1 N–H and O–H groups in total. The third-order valence-corrected chi connectivity index (χ3v) is 6.66. The summed E-state index contributed by atoms with van der Waals surface area (Å²) < 4.78 is 32.5. The zero-order valence-electron chi connectivity index (χ0n) is 16.7. The molecular formula is C20H23N3O5S. The zero-order valence-corrected chi connectivity index (χ0v) is 17.5. The quantitative estimate of drug-likeness (QED) is 0.802. The van der Waals surface area contributed by atoms with Crippen LogP contribution in [0.2, 0.25) is 0 Å². The molecular weight excluding hydrogens is 394 g/mol. The van der Waals surface area contributed by atoms with E-state index in [0.717, 1.165) is 9.87 Å². The van der Waals surface area contributed by atoms with Gasteiger partial charge in [-0.25, -0.2) is 8.42 Å². The molecule has 1 aliphatic rings. The van der Waals surface area contributed by atoms with Crippen LogP contribution in [0.25, 0.3) is 0 Å². The molecule has 1 aliphatic heterocycles. The van der Waals surface area contributed by atoms with Crippen LogP contribution in [0, 0.1) is 13.8 Å². The topological polar surface area (TPSA) is 96.0 Å². The van der Waals surface area contributed by atoms with Crippen molar-refractivity contribution in [2.45, 2.75) is 18.7 Å². The van der Waals surface area contributed by atoms with Crippen LogP contribution < -0.4 is 15.0 Å². The van der Waals surface area contributed by atoms with Crippen molar-refractivity contribution < 1.29 is 22.7 Å². The Kier molecular flexibility index (Phi) is 5.63. The third-order valence-electron chi connectivity index (χ3n) is 4.72. The first-order chi connectivity index (χ1) is 13.6. The highest BCUT2D eigenvalue weighted by atomic mass is 32.2. The molecule has 0 saturated heterocycles. The molecule has 8 nitrogen and oxygen atoms in total. The molecule has 0 radical (unpaired) electrons. The van der Waals surface area contributed by atoms with Crippen LogP contribution in [-0.2, 0) is 19.6 Å². The van der Waals surface area contributed by atoms with Crippen LogP contribution in [0.1, 0.15) is 11.1 Å². The number of carbonyl (C=O) groups excluding carboxylic acids is 2. The summed E-state index contributed by atoms with van der Waals surface area (Å²) >= 11 is 0. The smallest absolute Gasteiger partial charge is 0.262 e. The van der Waals surface area contributed by atoms with Crippen LogP contribution >= 0.6 is 0 Å². The number of fused-ring (bicyclic) bond motifs is 1. The van der Waals surface area contributed by atoms with Crippen molar-refractivity contribution in [1.29, 1.82) is 0 Å². The Bertz CT molecular complexity index is 1080. The van der Waals surface area contributed by atoms with Crippen LogP contribution in [0.15, 0.2) is 41.3 Å². The van der Waals surface area contributed by atoms with E-state index in [1.807, 2.05) is 25.1 Å². The number of aryl methyl sites for hydroxylation is 2. The monoisotopic (exact) mass is 417 g/mol. The maximum absolute atomic E-state index is 13.1. The number of ether oxygens (including phenoxy) is 1. The summed E-state index contributed by atoms with van der Waals surface area (Å²) in [5.41, 5.74) is 2.56. The second-order valence-electron chi connectivity index (χ2n) is 7.00. The van der Waals surface area contributed by atoms with Gasteiger partial charge < -0.3 is 15.0 Å². The van der Waals surface area contributed by atoms with E-state index < -0.39 is 10.0 Å². The molecule has 0 aliphatic carbocycles. The van der Waals surface area contributed by atoms with Crippen LogP contribution in [0.3, 0.4) is 0 Å². The number of rotatable bonds is 5. The first kappa shape index (κ1) is 20.8. The highest BCUT2D eigenvalue weighted by molar-refractivity contribution is 7.89. The Hall–Kier alpha value is -2.91. The molecule has 29 heavy (non-hydrogen) atoms. The van der Waals surface area contributed by atoms with Gasteiger partial charge in [0.15, 0.2) is 6.61 Å². The maximum Gasteiger partial charge on any atom is 0.262 e. The van der Waals surface area contributed by atoms with Gasteiger partial charge in [0.25, 0.3) is 5.91 Å². The Balaban J connectivity index is 1.82. The zero-order chi connectivity index (χ0) is 21.3. The predicted molar refractivity (Wildman–Crippen MR) is 110 cm³/mol.